The van der Waals surface area contributed by atoms with Crippen LogP contribution in [-0.4, -0.2) is 17.1 Å². The van der Waals surface area contributed by atoms with Crippen molar-refractivity contribution in [3.63, 3.8) is 0 Å². The summed E-state index contributed by atoms with van der Waals surface area (Å²) >= 11 is 0. The molecule has 1 fully saturated rings. The Balaban J connectivity index is 1.37. The van der Waals surface area contributed by atoms with Gasteiger partial charge in [-0.2, -0.15) is 5.26 Å². The number of fused-ring (bicyclic) bond motifs is 3. The number of allylic oxidation sites excluding steroid dienone is 3. The molecule has 0 spiro atoms. The smallest absolute Gasteiger partial charge is 0.140 e. The molecule has 4 atom stereocenters. The van der Waals surface area contributed by atoms with Gasteiger partial charge in [-0.25, -0.2) is 4.98 Å². The molecule has 3 aliphatic rings. The molecule has 2 aromatic carbocycles. The number of hydrogen-bond donors (Lipinski definition) is 0. The minimum Gasteiger partial charge on any atom is -0.360 e. The third-order valence-corrected chi connectivity index (χ3v) is 7.29. The van der Waals surface area contributed by atoms with Crippen LogP contribution >= 0.6 is 0 Å². The van der Waals surface area contributed by atoms with E-state index in [9.17, 15) is 0 Å². The van der Waals surface area contributed by atoms with Gasteiger partial charge in [0.15, 0.2) is 0 Å². The largest absolute Gasteiger partial charge is 0.360 e. The molecule has 4 unspecified atom stereocenters. The van der Waals surface area contributed by atoms with Crippen LogP contribution in [0.15, 0.2) is 103 Å². The van der Waals surface area contributed by atoms with E-state index in [2.05, 4.69) is 101 Å². The van der Waals surface area contributed by atoms with Gasteiger partial charge in [-0.05, 0) is 42.2 Å². The van der Waals surface area contributed by atoms with Crippen molar-refractivity contribution < 1.29 is 0 Å². The molecular formula is C30H25N3. The Morgan fingerprint density at radius 1 is 0.818 bits per heavy atom. The van der Waals surface area contributed by atoms with Crippen molar-refractivity contribution in [3.05, 3.63) is 109 Å². The van der Waals surface area contributed by atoms with E-state index in [0.29, 0.717) is 29.6 Å². The molecule has 3 nitrogen and oxygen atoms in total. The Kier molecular flexibility index (Phi) is 4.92. The first kappa shape index (κ1) is 19.8. The summed E-state index contributed by atoms with van der Waals surface area (Å²) < 4.78 is 0. The number of rotatable bonds is 3. The number of anilines is 1. The van der Waals surface area contributed by atoms with Crippen molar-refractivity contribution in [1.29, 1.82) is 5.26 Å². The van der Waals surface area contributed by atoms with E-state index >= 15 is 0 Å². The number of nitrogens with zero attached hydrogens (tertiary/aromatic N) is 3. The summed E-state index contributed by atoms with van der Waals surface area (Å²) in [6.45, 7) is 0. The number of hydrogen-bond acceptors (Lipinski definition) is 3. The molecule has 33 heavy (non-hydrogen) atoms. The summed E-state index contributed by atoms with van der Waals surface area (Å²) in [5.41, 5.74) is 6.38. The minimum absolute atomic E-state index is 0.401. The fourth-order valence-electron chi connectivity index (χ4n) is 5.77. The van der Waals surface area contributed by atoms with Crippen molar-refractivity contribution >= 4 is 5.69 Å². The lowest BCUT2D eigenvalue weighted by Gasteiger charge is -2.35. The Morgan fingerprint density at radius 3 is 2.42 bits per heavy atom. The molecule has 1 aliphatic heterocycles. The Morgan fingerprint density at radius 2 is 1.61 bits per heavy atom. The van der Waals surface area contributed by atoms with Crippen molar-refractivity contribution in [2.45, 2.75) is 24.9 Å². The third-order valence-electron chi connectivity index (χ3n) is 7.29. The van der Waals surface area contributed by atoms with Gasteiger partial charge in [0.05, 0.1) is 6.04 Å². The molecule has 160 valence electrons. The average Bonchev–Trinajstić information content (AvgIpc) is 3.23. The Hall–Kier alpha value is -3.90. The molecule has 3 heteroatoms. The number of benzene rings is 2. The molecule has 0 N–H and O–H groups in total. The maximum atomic E-state index is 8.99. The van der Waals surface area contributed by atoms with E-state index in [1.54, 1.807) is 12.3 Å². The fraction of sp³-hybridized carbons (Fsp3) is 0.200. The molecule has 2 heterocycles. The van der Waals surface area contributed by atoms with E-state index in [0.717, 1.165) is 17.5 Å². The lowest BCUT2D eigenvalue weighted by atomic mass is 9.81. The van der Waals surface area contributed by atoms with Gasteiger partial charge >= 0.3 is 0 Å². The van der Waals surface area contributed by atoms with Crippen LogP contribution in [0.5, 0.6) is 0 Å². The average molecular weight is 428 g/mol. The number of aromatic nitrogens is 1. The van der Waals surface area contributed by atoms with Gasteiger partial charge in [0.1, 0.15) is 11.8 Å². The zero-order valence-electron chi connectivity index (χ0n) is 18.4. The minimum atomic E-state index is 0.401. The van der Waals surface area contributed by atoms with Gasteiger partial charge in [-0.1, -0.05) is 78.9 Å². The van der Waals surface area contributed by atoms with Gasteiger partial charge < -0.3 is 4.90 Å². The van der Waals surface area contributed by atoms with Crippen LogP contribution in [0.3, 0.4) is 0 Å². The Labute approximate surface area is 195 Å². The highest BCUT2D eigenvalue weighted by atomic mass is 15.2. The fourth-order valence-corrected chi connectivity index (χ4v) is 5.77. The molecule has 0 radical (unpaired) electrons. The summed E-state index contributed by atoms with van der Waals surface area (Å²) in [5, 5.41) is 8.99. The predicted molar refractivity (Wildman–Crippen MR) is 134 cm³/mol. The molecule has 0 bridgehead atoms. The van der Waals surface area contributed by atoms with E-state index in [1.807, 2.05) is 6.07 Å². The topological polar surface area (TPSA) is 39.9 Å². The summed E-state index contributed by atoms with van der Waals surface area (Å²) in [6.07, 6.45) is 18.2. The Bertz CT molecular complexity index is 1290. The lowest BCUT2D eigenvalue weighted by molar-refractivity contribution is 0.458. The highest BCUT2D eigenvalue weighted by Gasteiger charge is 2.46. The standard InChI is InChI=1S/C30H25N3/c31-19-24-18-17-23(20-32-24)21-13-15-22(16-14-21)25-7-1-4-10-28(25)33-29-11-5-2-8-26(29)27-9-3-6-12-30(27)33/h1-5,7-11,13-18,20,26-27,29-30H,6,12H2. The normalized spacial score (nSPS) is 24.9. The number of para-hydroxylation sites is 1. The zero-order chi connectivity index (χ0) is 22.2. The lowest BCUT2D eigenvalue weighted by Crippen LogP contribution is -2.38. The SMILES string of the molecule is N#Cc1ccc(-c2ccc(-c3ccccc3N3C4C=CC=CC4C4C=CCCC43)cc2)cn1. The molecule has 1 aromatic heterocycles. The molecule has 0 saturated carbocycles. The predicted octanol–water partition coefficient (Wildman–Crippen LogP) is 6.55. The van der Waals surface area contributed by atoms with Crippen LogP contribution in [0.25, 0.3) is 22.3 Å². The van der Waals surface area contributed by atoms with Crippen LogP contribution < -0.4 is 4.90 Å². The van der Waals surface area contributed by atoms with Gasteiger partial charge in [-0.3, -0.25) is 0 Å². The van der Waals surface area contributed by atoms with Crippen LogP contribution in [0.1, 0.15) is 18.5 Å². The monoisotopic (exact) mass is 427 g/mol. The summed E-state index contributed by atoms with van der Waals surface area (Å²) in [6, 6.07) is 24.3. The molecule has 2 aliphatic carbocycles. The second-order valence-electron chi connectivity index (χ2n) is 9.03. The van der Waals surface area contributed by atoms with Crippen LogP contribution in [0.4, 0.5) is 5.69 Å². The van der Waals surface area contributed by atoms with Gasteiger partial charge in [0.2, 0.25) is 0 Å². The van der Waals surface area contributed by atoms with Gasteiger partial charge in [0.25, 0.3) is 0 Å². The second-order valence-corrected chi connectivity index (χ2v) is 9.03. The first-order valence-electron chi connectivity index (χ1n) is 11.7. The molecular weight excluding hydrogens is 402 g/mol. The molecule has 3 aromatic rings. The maximum Gasteiger partial charge on any atom is 0.140 e. The molecule has 6 rings (SSSR count). The number of pyridine rings is 1. The van der Waals surface area contributed by atoms with E-state index < -0.39 is 0 Å². The van der Waals surface area contributed by atoms with Crippen molar-refractivity contribution in [2.75, 3.05) is 4.90 Å². The summed E-state index contributed by atoms with van der Waals surface area (Å²) in [7, 11) is 0. The first-order chi connectivity index (χ1) is 16.3. The maximum absolute atomic E-state index is 8.99. The van der Waals surface area contributed by atoms with Crippen molar-refractivity contribution in [1.82, 2.24) is 4.98 Å². The molecule has 1 saturated heterocycles. The van der Waals surface area contributed by atoms with E-state index in [-0.39, 0.29) is 0 Å². The van der Waals surface area contributed by atoms with Gasteiger partial charge in [0, 0.05) is 40.9 Å². The third kappa shape index (κ3) is 3.39. The van der Waals surface area contributed by atoms with Gasteiger partial charge in [-0.15, -0.1) is 0 Å². The highest BCUT2D eigenvalue weighted by molar-refractivity contribution is 5.81. The highest BCUT2D eigenvalue weighted by Crippen LogP contribution is 2.47. The quantitative estimate of drug-likeness (QED) is 0.445. The van der Waals surface area contributed by atoms with E-state index in [1.165, 1.54) is 23.2 Å². The summed E-state index contributed by atoms with van der Waals surface area (Å²) in [4.78, 5) is 6.90. The van der Waals surface area contributed by atoms with Crippen LogP contribution in [-0.2, 0) is 0 Å². The van der Waals surface area contributed by atoms with E-state index in [4.69, 9.17) is 5.26 Å². The van der Waals surface area contributed by atoms with Crippen molar-refractivity contribution in [2.24, 2.45) is 11.8 Å². The van der Waals surface area contributed by atoms with Crippen molar-refractivity contribution in [3.8, 4) is 28.3 Å². The number of nitriles is 1. The zero-order valence-corrected chi connectivity index (χ0v) is 18.4. The summed E-state index contributed by atoms with van der Waals surface area (Å²) in [5.74, 6) is 1.11. The first-order valence-corrected chi connectivity index (χ1v) is 11.7. The second kappa shape index (κ2) is 8.22. The molecule has 0 amide bonds. The van der Waals surface area contributed by atoms with Crippen LogP contribution in [0, 0.1) is 23.2 Å². The van der Waals surface area contributed by atoms with Crippen LogP contribution in [0.2, 0.25) is 0 Å².